The van der Waals surface area contributed by atoms with Crippen molar-refractivity contribution < 1.29 is 13.9 Å². The molecule has 0 amide bonds. The van der Waals surface area contributed by atoms with Gasteiger partial charge in [0.2, 0.25) is 0 Å². The van der Waals surface area contributed by atoms with Crippen LogP contribution in [0.2, 0.25) is 0 Å². The molecule has 4 aromatic rings. The first kappa shape index (κ1) is 18.6. The van der Waals surface area contributed by atoms with Crippen LogP contribution in [-0.4, -0.2) is 15.5 Å². The van der Waals surface area contributed by atoms with Gasteiger partial charge in [-0.2, -0.15) is 0 Å². The number of hydrogen-bond donors (Lipinski definition) is 0. The number of hydrogen-bond acceptors (Lipinski definition) is 6. The van der Waals surface area contributed by atoms with Gasteiger partial charge in [0.1, 0.15) is 18.7 Å². The van der Waals surface area contributed by atoms with Crippen LogP contribution in [0.15, 0.2) is 62.8 Å². The summed E-state index contributed by atoms with van der Waals surface area (Å²) in [6.45, 7) is 3.43. The summed E-state index contributed by atoms with van der Waals surface area (Å²) >= 11 is 0. The lowest BCUT2D eigenvalue weighted by atomic mass is 10.0. The fraction of sp³-hybridized carbons (Fsp3) is 0.182. The molecule has 0 saturated heterocycles. The molecular weight excluding hydrogens is 372 g/mol. The Labute approximate surface area is 165 Å². The standard InChI is InChI=1S/C22H18N2O5/c1-13-7-8-16-15(9-19(25)29-21(16)14(13)2)11-28-20(26)10-24-12-23-18-6-4-3-5-17(18)22(24)27/h3-9,12H,10-11H2,1-2H3. The molecule has 7 heteroatoms. The summed E-state index contributed by atoms with van der Waals surface area (Å²) in [6, 6.07) is 12.0. The van der Waals surface area contributed by atoms with Gasteiger partial charge in [0.15, 0.2) is 0 Å². The Morgan fingerprint density at radius 2 is 1.90 bits per heavy atom. The van der Waals surface area contributed by atoms with Crippen molar-refractivity contribution in [1.82, 2.24) is 9.55 Å². The van der Waals surface area contributed by atoms with E-state index >= 15 is 0 Å². The van der Waals surface area contributed by atoms with Crippen molar-refractivity contribution in [3.8, 4) is 0 Å². The minimum atomic E-state index is -0.602. The highest BCUT2D eigenvalue weighted by molar-refractivity contribution is 5.84. The SMILES string of the molecule is Cc1ccc2c(COC(=O)Cn3cnc4ccccc4c3=O)cc(=O)oc2c1C. The van der Waals surface area contributed by atoms with Crippen molar-refractivity contribution in [2.24, 2.45) is 0 Å². The molecule has 2 aromatic carbocycles. The average molecular weight is 390 g/mol. The zero-order valence-electron chi connectivity index (χ0n) is 16.0. The highest BCUT2D eigenvalue weighted by Crippen LogP contribution is 2.23. The van der Waals surface area contributed by atoms with E-state index in [-0.39, 0.29) is 18.7 Å². The second-order valence-corrected chi connectivity index (χ2v) is 6.83. The number of para-hydroxylation sites is 1. The first-order valence-corrected chi connectivity index (χ1v) is 9.07. The highest BCUT2D eigenvalue weighted by Gasteiger charge is 2.13. The van der Waals surface area contributed by atoms with E-state index in [1.165, 1.54) is 17.0 Å². The van der Waals surface area contributed by atoms with Crippen LogP contribution < -0.4 is 11.2 Å². The van der Waals surface area contributed by atoms with Crippen LogP contribution in [0.1, 0.15) is 16.7 Å². The van der Waals surface area contributed by atoms with Crippen molar-refractivity contribution in [3.63, 3.8) is 0 Å². The number of carbonyl (C=O) groups excluding carboxylic acids is 1. The number of aromatic nitrogens is 2. The summed E-state index contributed by atoms with van der Waals surface area (Å²) in [6.07, 6.45) is 1.32. The second kappa shape index (κ2) is 7.35. The highest BCUT2D eigenvalue weighted by atomic mass is 16.5. The zero-order chi connectivity index (χ0) is 20.5. The molecule has 0 N–H and O–H groups in total. The van der Waals surface area contributed by atoms with Gasteiger partial charge in [-0.1, -0.05) is 24.3 Å². The number of fused-ring (bicyclic) bond motifs is 2. The quantitative estimate of drug-likeness (QED) is 0.393. The summed E-state index contributed by atoms with van der Waals surface area (Å²) in [5.41, 5.74) is 2.64. The van der Waals surface area contributed by atoms with Gasteiger partial charge in [-0.25, -0.2) is 9.78 Å². The van der Waals surface area contributed by atoms with E-state index in [0.717, 1.165) is 11.1 Å². The molecule has 0 aliphatic heterocycles. The summed E-state index contributed by atoms with van der Waals surface area (Å²) in [4.78, 5) is 40.9. The smallest absolute Gasteiger partial charge is 0.336 e. The number of ether oxygens (including phenoxy) is 1. The third kappa shape index (κ3) is 3.54. The third-order valence-electron chi connectivity index (χ3n) is 4.94. The van der Waals surface area contributed by atoms with Crippen LogP contribution in [0.5, 0.6) is 0 Å². The Balaban J connectivity index is 1.57. The lowest BCUT2D eigenvalue weighted by Gasteiger charge is -2.10. The minimum Gasteiger partial charge on any atom is -0.459 e. The third-order valence-corrected chi connectivity index (χ3v) is 4.94. The monoisotopic (exact) mass is 390 g/mol. The molecule has 0 unspecified atom stereocenters. The molecule has 0 atom stereocenters. The fourth-order valence-corrected chi connectivity index (χ4v) is 3.21. The summed E-state index contributed by atoms with van der Waals surface area (Å²) in [7, 11) is 0. The molecule has 0 saturated carbocycles. The van der Waals surface area contributed by atoms with Crippen molar-refractivity contribution in [1.29, 1.82) is 0 Å². The Morgan fingerprint density at radius 1 is 1.10 bits per heavy atom. The maximum absolute atomic E-state index is 12.5. The molecule has 0 spiro atoms. The summed E-state index contributed by atoms with van der Waals surface area (Å²) < 4.78 is 11.9. The lowest BCUT2D eigenvalue weighted by molar-refractivity contribution is -0.145. The molecule has 29 heavy (non-hydrogen) atoms. The Hall–Kier alpha value is -3.74. The van der Waals surface area contributed by atoms with Gasteiger partial charge in [-0.15, -0.1) is 0 Å². The van der Waals surface area contributed by atoms with Crippen LogP contribution in [0.25, 0.3) is 21.9 Å². The molecule has 0 radical (unpaired) electrons. The van der Waals surface area contributed by atoms with Gasteiger partial charge < -0.3 is 9.15 Å². The van der Waals surface area contributed by atoms with Gasteiger partial charge in [0.05, 0.1) is 17.2 Å². The van der Waals surface area contributed by atoms with E-state index in [4.69, 9.17) is 9.15 Å². The predicted octanol–water partition coefficient (Wildman–Crippen LogP) is 2.86. The van der Waals surface area contributed by atoms with Crippen molar-refractivity contribution in [2.75, 3.05) is 0 Å². The van der Waals surface area contributed by atoms with Crippen LogP contribution >= 0.6 is 0 Å². The molecular formula is C22H18N2O5. The molecule has 0 fully saturated rings. The van der Waals surface area contributed by atoms with Gasteiger partial charge in [0.25, 0.3) is 5.56 Å². The maximum Gasteiger partial charge on any atom is 0.336 e. The first-order chi connectivity index (χ1) is 13.9. The molecule has 0 bridgehead atoms. The van der Waals surface area contributed by atoms with E-state index < -0.39 is 11.6 Å². The van der Waals surface area contributed by atoms with Crippen LogP contribution in [0.4, 0.5) is 0 Å². The van der Waals surface area contributed by atoms with E-state index in [2.05, 4.69) is 4.98 Å². The van der Waals surface area contributed by atoms with Gasteiger partial charge in [-0.05, 0) is 37.1 Å². The zero-order valence-corrected chi connectivity index (χ0v) is 16.0. The fourth-order valence-electron chi connectivity index (χ4n) is 3.21. The number of benzene rings is 2. The molecule has 7 nitrogen and oxygen atoms in total. The van der Waals surface area contributed by atoms with E-state index in [1.54, 1.807) is 24.3 Å². The summed E-state index contributed by atoms with van der Waals surface area (Å²) in [5.74, 6) is -0.602. The average Bonchev–Trinajstić information content (AvgIpc) is 2.71. The maximum atomic E-state index is 12.5. The number of nitrogens with zero attached hydrogens (tertiary/aromatic N) is 2. The van der Waals surface area contributed by atoms with E-state index in [1.807, 2.05) is 26.0 Å². The van der Waals surface area contributed by atoms with Gasteiger partial charge in [-0.3, -0.25) is 14.2 Å². The number of esters is 1. The molecule has 4 rings (SSSR count). The lowest BCUT2D eigenvalue weighted by Crippen LogP contribution is -2.25. The number of rotatable bonds is 4. The molecule has 0 aliphatic carbocycles. The van der Waals surface area contributed by atoms with Crippen molar-refractivity contribution >= 4 is 27.8 Å². The minimum absolute atomic E-state index is 0.0980. The summed E-state index contributed by atoms with van der Waals surface area (Å²) in [5, 5.41) is 1.14. The van der Waals surface area contributed by atoms with Crippen LogP contribution in [0, 0.1) is 13.8 Å². The normalized spacial score (nSPS) is 11.1. The van der Waals surface area contributed by atoms with Crippen LogP contribution in [0.3, 0.4) is 0 Å². The Bertz CT molecular complexity index is 1370. The second-order valence-electron chi connectivity index (χ2n) is 6.83. The van der Waals surface area contributed by atoms with E-state index in [9.17, 15) is 14.4 Å². The van der Waals surface area contributed by atoms with Crippen molar-refractivity contribution in [3.05, 3.63) is 86.3 Å². The van der Waals surface area contributed by atoms with Gasteiger partial charge >= 0.3 is 11.6 Å². The molecule has 2 aromatic heterocycles. The molecule has 2 heterocycles. The van der Waals surface area contributed by atoms with Gasteiger partial charge in [0, 0.05) is 17.0 Å². The van der Waals surface area contributed by atoms with E-state index in [0.29, 0.717) is 27.4 Å². The topological polar surface area (TPSA) is 91.4 Å². The Morgan fingerprint density at radius 3 is 2.72 bits per heavy atom. The Kier molecular flexibility index (Phi) is 4.72. The van der Waals surface area contributed by atoms with Crippen molar-refractivity contribution in [2.45, 2.75) is 27.0 Å². The molecule has 0 aliphatic rings. The first-order valence-electron chi connectivity index (χ1n) is 9.07. The largest absolute Gasteiger partial charge is 0.459 e. The number of aryl methyl sites for hydroxylation is 2. The number of carbonyl (C=O) groups is 1. The van der Waals surface area contributed by atoms with Crippen LogP contribution in [-0.2, 0) is 22.7 Å². The molecule has 146 valence electrons. The predicted molar refractivity (Wildman–Crippen MR) is 108 cm³/mol.